The van der Waals surface area contributed by atoms with E-state index in [2.05, 4.69) is 11.9 Å². The molecule has 0 unspecified atom stereocenters. The molecule has 0 spiro atoms. The molecule has 0 aromatic rings. The molecule has 1 saturated carbocycles. The maximum absolute atomic E-state index is 5.64. The van der Waals surface area contributed by atoms with E-state index in [4.69, 9.17) is 11.5 Å². The van der Waals surface area contributed by atoms with Gasteiger partial charge in [0.1, 0.15) is 0 Å². The molecule has 0 aromatic heterocycles. The molecule has 3 nitrogen and oxygen atoms in total. The van der Waals surface area contributed by atoms with E-state index in [1.165, 1.54) is 24.8 Å². The van der Waals surface area contributed by atoms with E-state index in [9.17, 15) is 0 Å². The highest BCUT2D eigenvalue weighted by Crippen LogP contribution is 2.32. The third kappa shape index (κ3) is 3.24. The highest BCUT2D eigenvalue weighted by atomic mass is 14.8. The van der Waals surface area contributed by atoms with Crippen LogP contribution in [-0.4, -0.2) is 19.3 Å². The van der Waals surface area contributed by atoms with Gasteiger partial charge in [-0.15, -0.1) is 0 Å². The maximum atomic E-state index is 5.64. The predicted molar refractivity (Wildman–Crippen MR) is 61.3 cm³/mol. The SMILES string of the molecule is C/C(CC1CCC1)=C(CN)/N=C\CN. The van der Waals surface area contributed by atoms with Gasteiger partial charge in [-0.05, 0) is 19.3 Å². The van der Waals surface area contributed by atoms with Crippen LogP contribution in [0.3, 0.4) is 0 Å². The van der Waals surface area contributed by atoms with Crippen LogP contribution >= 0.6 is 0 Å². The van der Waals surface area contributed by atoms with Gasteiger partial charge in [0, 0.05) is 19.3 Å². The summed E-state index contributed by atoms with van der Waals surface area (Å²) in [6, 6.07) is 0. The third-order valence-electron chi connectivity index (χ3n) is 2.86. The summed E-state index contributed by atoms with van der Waals surface area (Å²) < 4.78 is 0. The van der Waals surface area contributed by atoms with Gasteiger partial charge in [-0.1, -0.05) is 24.8 Å². The quantitative estimate of drug-likeness (QED) is 0.652. The first-order chi connectivity index (χ1) is 6.77. The van der Waals surface area contributed by atoms with Gasteiger partial charge in [-0.25, -0.2) is 0 Å². The summed E-state index contributed by atoms with van der Waals surface area (Å²) in [5.74, 6) is 0.879. The fourth-order valence-electron chi connectivity index (χ4n) is 1.75. The van der Waals surface area contributed by atoms with Gasteiger partial charge in [0.2, 0.25) is 0 Å². The van der Waals surface area contributed by atoms with Crippen molar-refractivity contribution >= 4 is 6.21 Å². The van der Waals surface area contributed by atoms with E-state index in [1.807, 2.05) is 0 Å². The number of nitrogens with two attached hydrogens (primary N) is 2. The molecule has 0 aliphatic heterocycles. The molecule has 0 saturated heterocycles. The van der Waals surface area contributed by atoms with Crippen molar-refractivity contribution in [1.29, 1.82) is 0 Å². The number of nitrogens with zero attached hydrogens (tertiary/aromatic N) is 1. The first kappa shape index (κ1) is 11.4. The second-order valence-corrected chi connectivity index (χ2v) is 3.98. The number of hydrogen-bond donors (Lipinski definition) is 2. The van der Waals surface area contributed by atoms with E-state index in [0.717, 1.165) is 18.0 Å². The lowest BCUT2D eigenvalue weighted by Crippen LogP contribution is -2.13. The molecule has 0 aromatic carbocycles. The molecule has 0 heterocycles. The minimum atomic E-state index is 0.486. The Hall–Kier alpha value is -0.670. The van der Waals surface area contributed by atoms with Crippen molar-refractivity contribution in [1.82, 2.24) is 0 Å². The summed E-state index contributed by atoms with van der Waals surface area (Å²) in [5.41, 5.74) is 13.3. The largest absolute Gasteiger partial charge is 0.326 e. The molecular formula is C11H21N3. The van der Waals surface area contributed by atoms with Gasteiger partial charge in [0.05, 0.1) is 5.70 Å². The van der Waals surface area contributed by atoms with Crippen LogP contribution < -0.4 is 11.5 Å². The average molecular weight is 195 g/mol. The first-order valence-corrected chi connectivity index (χ1v) is 5.39. The molecule has 1 fully saturated rings. The van der Waals surface area contributed by atoms with Crippen LogP contribution in [0.1, 0.15) is 32.6 Å². The summed E-state index contributed by atoms with van der Waals surface area (Å²) in [6.45, 7) is 3.14. The molecule has 0 atom stereocenters. The van der Waals surface area contributed by atoms with Gasteiger partial charge in [0.15, 0.2) is 0 Å². The Balaban J connectivity index is 2.51. The fraction of sp³-hybridized carbons (Fsp3) is 0.727. The lowest BCUT2D eigenvalue weighted by molar-refractivity contribution is 0.313. The smallest absolute Gasteiger partial charge is 0.0525 e. The second-order valence-electron chi connectivity index (χ2n) is 3.98. The molecule has 1 aliphatic carbocycles. The zero-order valence-corrected chi connectivity index (χ0v) is 9.00. The fourth-order valence-corrected chi connectivity index (χ4v) is 1.75. The summed E-state index contributed by atoms with van der Waals surface area (Å²) in [6.07, 6.45) is 7.02. The third-order valence-corrected chi connectivity index (χ3v) is 2.86. The van der Waals surface area contributed by atoms with Crippen molar-refractivity contribution in [3.8, 4) is 0 Å². The topological polar surface area (TPSA) is 64.4 Å². The van der Waals surface area contributed by atoms with E-state index < -0.39 is 0 Å². The van der Waals surface area contributed by atoms with Crippen LogP contribution in [-0.2, 0) is 0 Å². The van der Waals surface area contributed by atoms with Crippen LogP contribution in [0.15, 0.2) is 16.3 Å². The van der Waals surface area contributed by atoms with Crippen molar-refractivity contribution in [2.45, 2.75) is 32.6 Å². The Morgan fingerprint density at radius 1 is 1.43 bits per heavy atom. The van der Waals surface area contributed by atoms with Crippen LogP contribution in [0.2, 0.25) is 0 Å². The van der Waals surface area contributed by atoms with Crippen LogP contribution in [0.4, 0.5) is 0 Å². The van der Waals surface area contributed by atoms with Gasteiger partial charge >= 0.3 is 0 Å². The molecule has 0 amide bonds. The lowest BCUT2D eigenvalue weighted by Gasteiger charge is -2.26. The monoisotopic (exact) mass is 195 g/mol. The predicted octanol–water partition coefficient (Wildman–Crippen LogP) is 1.44. The van der Waals surface area contributed by atoms with E-state index in [0.29, 0.717) is 13.1 Å². The Morgan fingerprint density at radius 3 is 2.57 bits per heavy atom. The lowest BCUT2D eigenvalue weighted by atomic mass is 9.81. The number of allylic oxidation sites excluding steroid dienone is 1. The highest BCUT2D eigenvalue weighted by molar-refractivity contribution is 5.61. The Labute approximate surface area is 86.3 Å². The van der Waals surface area contributed by atoms with Crippen LogP contribution in [0, 0.1) is 5.92 Å². The second kappa shape index (κ2) is 5.94. The number of aliphatic imine (C=N–C) groups is 1. The van der Waals surface area contributed by atoms with Crippen LogP contribution in [0.25, 0.3) is 0 Å². The standard InChI is InChI=1S/C11H21N3/c1-9(7-10-3-2-4-10)11(8-13)14-6-5-12/h6,10H,2-5,7-8,12-13H2,1H3/b11-9-,14-6-. The normalized spacial score (nSPS) is 19.6. The summed E-state index contributed by atoms with van der Waals surface area (Å²) >= 11 is 0. The van der Waals surface area contributed by atoms with Crippen molar-refractivity contribution < 1.29 is 0 Å². The zero-order chi connectivity index (χ0) is 10.4. The Bertz CT molecular complexity index is 227. The number of rotatable bonds is 5. The molecule has 3 heteroatoms. The maximum Gasteiger partial charge on any atom is 0.0525 e. The van der Waals surface area contributed by atoms with E-state index >= 15 is 0 Å². The van der Waals surface area contributed by atoms with Crippen molar-refractivity contribution in [3.63, 3.8) is 0 Å². The first-order valence-electron chi connectivity index (χ1n) is 5.39. The van der Waals surface area contributed by atoms with Gasteiger partial charge in [-0.3, -0.25) is 4.99 Å². The molecule has 0 bridgehead atoms. The Kier molecular flexibility index (Phi) is 4.84. The van der Waals surface area contributed by atoms with E-state index in [1.54, 1.807) is 6.21 Å². The van der Waals surface area contributed by atoms with Gasteiger partial charge < -0.3 is 11.5 Å². The molecule has 4 N–H and O–H groups in total. The van der Waals surface area contributed by atoms with Crippen LogP contribution in [0.5, 0.6) is 0 Å². The average Bonchev–Trinajstić information content (AvgIpc) is 2.13. The summed E-state index contributed by atoms with van der Waals surface area (Å²) in [5, 5.41) is 0. The van der Waals surface area contributed by atoms with E-state index in [-0.39, 0.29) is 0 Å². The molecule has 14 heavy (non-hydrogen) atoms. The molecular weight excluding hydrogens is 174 g/mol. The molecule has 1 rings (SSSR count). The number of hydrogen-bond acceptors (Lipinski definition) is 3. The van der Waals surface area contributed by atoms with Crippen molar-refractivity contribution in [2.75, 3.05) is 13.1 Å². The summed E-state index contributed by atoms with van der Waals surface area (Å²) in [7, 11) is 0. The minimum Gasteiger partial charge on any atom is -0.326 e. The minimum absolute atomic E-state index is 0.486. The van der Waals surface area contributed by atoms with Gasteiger partial charge in [0.25, 0.3) is 0 Å². The zero-order valence-electron chi connectivity index (χ0n) is 9.00. The molecule has 80 valence electrons. The molecule has 1 aliphatic rings. The Morgan fingerprint density at radius 2 is 2.14 bits per heavy atom. The summed E-state index contributed by atoms with van der Waals surface area (Å²) in [4.78, 5) is 4.28. The van der Waals surface area contributed by atoms with Crippen molar-refractivity contribution in [3.05, 3.63) is 11.3 Å². The molecule has 0 radical (unpaired) electrons. The van der Waals surface area contributed by atoms with Gasteiger partial charge in [-0.2, -0.15) is 0 Å². The van der Waals surface area contributed by atoms with Crippen molar-refractivity contribution in [2.24, 2.45) is 22.4 Å². The highest BCUT2D eigenvalue weighted by Gasteiger charge is 2.18.